The molecular formula is C27H29F2N7O2. The Morgan fingerprint density at radius 1 is 1.21 bits per heavy atom. The van der Waals surface area contributed by atoms with Crippen LogP contribution in [0, 0.1) is 24.5 Å². The molecule has 2 N–H and O–H groups in total. The number of halogens is 2. The fraction of sp³-hybridized carbons (Fsp3) is 0.444. The maximum absolute atomic E-state index is 15.6. The van der Waals surface area contributed by atoms with Gasteiger partial charge in [-0.3, -0.25) is 9.48 Å². The van der Waals surface area contributed by atoms with E-state index in [-0.39, 0.29) is 34.1 Å². The summed E-state index contributed by atoms with van der Waals surface area (Å²) in [7, 11) is 1.75. The highest BCUT2D eigenvalue weighted by atomic mass is 19.1. The van der Waals surface area contributed by atoms with Crippen molar-refractivity contribution >= 4 is 33.8 Å². The van der Waals surface area contributed by atoms with Gasteiger partial charge in [-0.2, -0.15) is 5.10 Å². The van der Waals surface area contributed by atoms with Crippen LogP contribution in [-0.2, 0) is 11.8 Å². The molecule has 1 atom stereocenters. The number of ether oxygens (including phenoxy) is 1. The van der Waals surface area contributed by atoms with Gasteiger partial charge in [0.25, 0.3) is 5.91 Å². The predicted molar refractivity (Wildman–Crippen MR) is 139 cm³/mol. The van der Waals surface area contributed by atoms with Crippen molar-refractivity contribution < 1.29 is 18.3 Å². The molecule has 9 nitrogen and oxygen atoms in total. The molecule has 1 aromatic carbocycles. The Balaban J connectivity index is 1.14. The van der Waals surface area contributed by atoms with Crippen LogP contribution in [0.4, 0.5) is 20.2 Å². The Labute approximate surface area is 217 Å². The summed E-state index contributed by atoms with van der Waals surface area (Å²) >= 11 is 0. The Kier molecular flexibility index (Phi) is 5.25. The average molecular weight is 522 g/mol. The summed E-state index contributed by atoms with van der Waals surface area (Å²) in [6.07, 6.45) is 8.24. The molecule has 1 aliphatic carbocycles. The normalized spacial score (nSPS) is 24.5. The molecule has 1 amide bonds. The first-order valence-electron chi connectivity index (χ1n) is 13.0. The van der Waals surface area contributed by atoms with Crippen LogP contribution in [0.3, 0.4) is 0 Å². The number of imidazole rings is 1. The second-order valence-electron chi connectivity index (χ2n) is 11.0. The molecule has 6 heterocycles. The second kappa shape index (κ2) is 8.47. The van der Waals surface area contributed by atoms with Crippen molar-refractivity contribution in [2.24, 2.45) is 13.0 Å². The van der Waals surface area contributed by atoms with Crippen molar-refractivity contribution in [2.75, 3.05) is 36.5 Å². The van der Waals surface area contributed by atoms with E-state index in [4.69, 9.17) is 4.74 Å². The van der Waals surface area contributed by atoms with Crippen LogP contribution >= 0.6 is 0 Å². The second-order valence-corrected chi connectivity index (χ2v) is 11.0. The summed E-state index contributed by atoms with van der Waals surface area (Å²) in [5.74, 6) is -1.21. The Bertz CT molecular complexity index is 1580. The first-order chi connectivity index (χ1) is 18.3. The van der Waals surface area contributed by atoms with E-state index in [0.717, 1.165) is 51.4 Å². The van der Waals surface area contributed by atoms with Gasteiger partial charge in [-0.15, -0.1) is 0 Å². The fourth-order valence-electron chi connectivity index (χ4n) is 6.36. The van der Waals surface area contributed by atoms with Crippen molar-refractivity contribution in [3.63, 3.8) is 0 Å². The first-order valence-corrected chi connectivity index (χ1v) is 13.0. The van der Waals surface area contributed by atoms with E-state index >= 15 is 4.39 Å². The minimum absolute atomic E-state index is 0.0138. The van der Waals surface area contributed by atoms with Crippen LogP contribution in [0.1, 0.15) is 35.3 Å². The minimum atomic E-state index is -0.691. The summed E-state index contributed by atoms with van der Waals surface area (Å²) in [5.41, 5.74) is 1.84. The number of nitrogens with zero attached hydrogens (tertiary/aromatic N) is 5. The number of benzene rings is 1. The van der Waals surface area contributed by atoms with Gasteiger partial charge in [0.05, 0.1) is 29.3 Å². The van der Waals surface area contributed by atoms with Gasteiger partial charge < -0.3 is 24.7 Å². The Morgan fingerprint density at radius 3 is 2.84 bits per heavy atom. The van der Waals surface area contributed by atoms with Gasteiger partial charge in [-0.1, -0.05) is 0 Å². The SMILES string of the molecule is Cc1cn2cc(NC(=O)c3c(F)cc(N4CC[C@H](NCC56CC(CO5)C6)C4)c4cn(C)nc34)cc(F)c2n1. The summed E-state index contributed by atoms with van der Waals surface area (Å²) in [6.45, 7) is 4.99. The van der Waals surface area contributed by atoms with Crippen molar-refractivity contribution in [3.05, 3.63) is 53.6 Å². The lowest BCUT2D eigenvalue weighted by Crippen LogP contribution is -2.49. The summed E-state index contributed by atoms with van der Waals surface area (Å²) < 4.78 is 39.2. The maximum atomic E-state index is 15.6. The lowest BCUT2D eigenvalue weighted by molar-refractivity contribution is 0.00105. The van der Waals surface area contributed by atoms with Crippen molar-refractivity contribution in [3.8, 4) is 0 Å². The maximum Gasteiger partial charge on any atom is 0.260 e. The number of amides is 1. The molecular weight excluding hydrogens is 492 g/mol. The first kappa shape index (κ1) is 23.5. The molecule has 0 unspecified atom stereocenters. The molecule has 0 radical (unpaired) electrons. The molecule has 11 heteroatoms. The van der Waals surface area contributed by atoms with Crippen molar-refractivity contribution in [1.29, 1.82) is 0 Å². The smallest absolute Gasteiger partial charge is 0.260 e. The molecule has 3 aromatic heterocycles. The molecule has 8 rings (SSSR count). The highest BCUT2D eigenvalue weighted by Crippen LogP contribution is 2.48. The number of hydrogen-bond donors (Lipinski definition) is 2. The van der Waals surface area contributed by atoms with Gasteiger partial charge in [-0.05, 0) is 38.2 Å². The van der Waals surface area contributed by atoms with Crippen LogP contribution in [0.2, 0.25) is 0 Å². The average Bonchev–Trinajstić information content (AvgIpc) is 3.65. The van der Waals surface area contributed by atoms with Gasteiger partial charge >= 0.3 is 0 Å². The van der Waals surface area contributed by atoms with Crippen LogP contribution in [0.5, 0.6) is 0 Å². The molecule has 38 heavy (non-hydrogen) atoms. The van der Waals surface area contributed by atoms with Crippen LogP contribution in [0.15, 0.2) is 30.7 Å². The van der Waals surface area contributed by atoms with E-state index in [1.165, 1.54) is 16.5 Å². The highest BCUT2D eigenvalue weighted by molar-refractivity contribution is 6.14. The minimum Gasteiger partial charge on any atom is -0.373 e. The van der Waals surface area contributed by atoms with Gasteiger partial charge in [-0.25, -0.2) is 13.8 Å². The molecule has 4 aliphatic rings. The lowest BCUT2D eigenvalue weighted by Gasteiger charge is -2.37. The lowest BCUT2D eigenvalue weighted by atomic mass is 9.74. The molecule has 1 saturated carbocycles. The number of aromatic nitrogens is 4. The summed E-state index contributed by atoms with van der Waals surface area (Å²) in [5, 5.41) is 11.4. The topological polar surface area (TPSA) is 88.7 Å². The predicted octanol–water partition coefficient (Wildman–Crippen LogP) is 3.41. The number of pyridine rings is 1. The van der Waals surface area contributed by atoms with Crippen molar-refractivity contribution in [2.45, 2.75) is 37.8 Å². The number of carbonyl (C=O) groups excluding carboxylic acids is 1. The van der Waals surface area contributed by atoms with E-state index in [0.29, 0.717) is 16.8 Å². The molecule has 198 valence electrons. The standard InChI is InChI=1S/C27H29F2N7O2/c1-15-9-36-11-18(5-21(29)25(36)31-15)32-26(37)23-20(28)6-22(19-12-34(2)33-24(19)23)35-4-3-17(10-35)30-14-27-7-16(8-27)13-38-27/h5-6,9,11-12,16-17,30H,3-4,7-8,10,13-14H2,1-2H3,(H,32,37)/t16?,17-,27?/m0/s1. The summed E-state index contributed by atoms with van der Waals surface area (Å²) in [4.78, 5) is 19.5. The quantitative estimate of drug-likeness (QED) is 0.404. The Hall–Kier alpha value is -3.57. The largest absolute Gasteiger partial charge is 0.373 e. The molecule has 4 aromatic rings. The monoisotopic (exact) mass is 521 g/mol. The number of aryl methyl sites for hydroxylation is 2. The Morgan fingerprint density at radius 2 is 2.05 bits per heavy atom. The molecule has 2 bridgehead atoms. The zero-order valence-electron chi connectivity index (χ0n) is 21.3. The van der Waals surface area contributed by atoms with Crippen molar-refractivity contribution in [1.82, 2.24) is 24.5 Å². The molecule has 4 fully saturated rings. The van der Waals surface area contributed by atoms with E-state index in [2.05, 4.69) is 25.6 Å². The third kappa shape index (κ3) is 3.83. The number of carbonyl (C=O) groups is 1. The molecule has 3 aliphatic heterocycles. The number of anilines is 2. The van der Waals surface area contributed by atoms with E-state index < -0.39 is 17.5 Å². The van der Waals surface area contributed by atoms with E-state index in [9.17, 15) is 9.18 Å². The van der Waals surface area contributed by atoms with Gasteiger partial charge in [0.15, 0.2) is 11.5 Å². The van der Waals surface area contributed by atoms with Gasteiger partial charge in [0, 0.05) is 62.8 Å². The van der Waals surface area contributed by atoms with Crippen LogP contribution in [0.25, 0.3) is 16.6 Å². The zero-order chi connectivity index (χ0) is 26.2. The van der Waals surface area contributed by atoms with E-state index in [1.54, 1.807) is 31.0 Å². The number of nitrogens with one attached hydrogen (secondary N) is 2. The number of rotatable bonds is 6. The fourth-order valence-corrected chi connectivity index (χ4v) is 6.36. The van der Waals surface area contributed by atoms with Gasteiger partial charge in [0.1, 0.15) is 16.9 Å². The van der Waals surface area contributed by atoms with Crippen LogP contribution < -0.4 is 15.5 Å². The third-order valence-electron chi connectivity index (χ3n) is 8.14. The number of fused-ring (bicyclic) bond motifs is 3. The van der Waals surface area contributed by atoms with E-state index in [1.807, 2.05) is 6.20 Å². The molecule has 3 saturated heterocycles. The van der Waals surface area contributed by atoms with Crippen LogP contribution in [-0.4, -0.2) is 63.0 Å². The third-order valence-corrected chi connectivity index (χ3v) is 8.14. The molecule has 0 spiro atoms. The number of hydrogen-bond acceptors (Lipinski definition) is 6. The zero-order valence-corrected chi connectivity index (χ0v) is 21.3. The van der Waals surface area contributed by atoms with Gasteiger partial charge in [0.2, 0.25) is 0 Å². The summed E-state index contributed by atoms with van der Waals surface area (Å²) in [6, 6.07) is 2.88. The highest BCUT2D eigenvalue weighted by Gasteiger charge is 2.51.